The second-order valence-electron chi connectivity index (χ2n) is 5.69. The third-order valence-electron chi connectivity index (χ3n) is 3.44. The van der Waals surface area contributed by atoms with Gasteiger partial charge in [-0.05, 0) is 24.3 Å². The van der Waals surface area contributed by atoms with Gasteiger partial charge in [-0.1, -0.05) is 0 Å². The molecule has 0 fully saturated rings. The molecule has 1 heterocycles. The van der Waals surface area contributed by atoms with Crippen molar-refractivity contribution in [2.45, 2.75) is 6.92 Å². The Morgan fingerprint density at radius 3 is 2.27 bits per heavy atom. The first-order chi connectivity index (χ1) is 12.3. The zero-order chi connectivity index (χ0) is 19.3. The second kappa shape index (κ2) is 8.15. The number of nitrogens with one attached hydrogen (secondary N) is 2. The largest absolute Gasteiger partial charge is 0.479 e. The van der Waals surface area contributed by atoms with Gasteiger partial charge in [-0.25, -0.2) is 0 Å². The summed E-state index contributed by atoms with van der Waals surface area (Å²) in [7, 11) is 4.63. The molecule has 0 saturated heterocycles. The first-order valence-electron chi connectivity index (χ1n) is 7.80. The maximum Gasteiger partial charge on any atom is 0.261 e. The average Bonchev–Trinajstić information content (AvgIpc) is 2.96. The van der Waals surface area contributed by atoms with E-state index < -0.39 is 0 Å². The van der Waals surface area contributed by atoms with Gasteiger partial charge in [0.25, 0.3) is 5.91 Å². The third-order valence-corrected chi connectivity index (χ3v) is 3.44. The van der Waals surface area contributed by atoms with Gasteiger partial charge < -0.3 is 20.3 Å². The van der Waals surface area contributed by atoms with Crippen LogP contribution in [0.5, 0.6) is 5.88 Å². The second-order valence-corrected chi connectivity index (χ2v) is 5.69. The molecule has 9 heteroatoms. The van der Waals surface area contributed by atoms with Crippen molar-refractivity contribution in [2.24, 2.45) is 7.05 Å². The lowest BCUT2D eigenvalue weighted by Gasteiger charge is -2.16. The topological polar surface area (TPSA) is 106 Å². The molecule has 0 bridgehead atoms. The minimum Gasteiger partial charge on any atom is -0.479 e. The van der Waals surface area contributed by atoms with Crippen LogP contribution in [0, 0.1) is 0 Å². The first kappa shape index (κ1) is 19.0. The SMILES string of the molecule is COc1nn(C)cc1C(=O)N(C)CC(=O)Nc1ccc(NC(C)=O)cc1. The summed E-state index contributed by atoms with van der Waals surface area (Å²) in [6, 6.07) is 6.67. The molecule has 138 valence electrons. The Morgan fingerprint density at radius 1 is 1.15 bits per heavy atom. The monoisotopic (exact) mass is 359 g/mol. The van der Waals surface area contributed by atoms with Gasteiger partial charge in [0, 0.05) is 38.6 Å². The van der Waals surface area contributed by atoms with Crippen molar-refractivity contribution in [1.29, 1.82) is 0 Å². The lowest BCUT2D eigenvalue weighted by atomic mass is 10.2. The molecule has 0 aliphatic carbocycles. The number of benzene rings is 1. The Morgan fingerprint density at radius 2 is 1.73 bits per heavy atom. The van der Waals surface area contributed by atoms with Crippen molar-refractivity contribution in [3.05, 3.63) is 36.0 Å². The van der Waals surface area contributed by atoms with E-state index in [1.165, 1.54) is 36.9 Å². The highest BCUT2D eigenvalue weighted by Gasteiger charge is 2.21. The van der Waals surface area contributed by atoms with Crippen LogP contribution in [0.25, 0.3) is 0 Å². The fourth-order valence-electron chi connectivity index (χ4n) is 2.30. The van der Waals surface area contributed by atoms with Gasteiger partial charge in [-0.3, -0.25) is 19.1 Å². The zero-order valence-electron chi connectivity index (χ0n) is 15.1. The fraction of sp³-hybridized carbons (Fsp3) is 0.294. The molecule has 9 nitrogen and oxygen atoms in total. The highest BCUT2D eigenvalue weighted by molar-refractivity contribution is 6.00. The molecule has 3 amide bonds. The number of aryl methyl sites for hydroxylation is 1. The number of nitrogens with zero attached hydrogens (tertiary/aromatic N) is 3. The van der Waals surface area contributed by atoms with Gasteiger partial charge in [-0.2, -0.15) is 0 Å². The molecule has 2 N–H and O–H groups in total. The van der Waals surface area contributed by atoms with Gasteiger partial charge in [0.2, 0.25) is 17.7 Å². The minimum atomic E-state index is -0.369. The van der Waals surface area contributed by atoms with Crippen LogP contribution in [-0.4, -0.2) is 53.1 Å². The quantitative estimate of drug-likeness (QED) is 0.803. The summed E-state index contributed by atoms with van der Waals surface area (Å²) in [5.74, 6) is -0.687. The van der Waals surface area contributed by atoms with Gasteiger partial charge in [0.1, 0.15) is 5.56 Å². The van der Waals surface area contributed by atoms with Crippen LogP contribution in [0.1, 0.15) is 17.3 Å². The Hall–Kier alpha value is -3.36. The molecule has 0 unspecified atom stereocenters. The average molecular weight is 359 g/mol. The van der Waals surface area contributed by atoms with E-state index in [-0.39, 0.29) is 35.7 Å². The highest BCUT2D eigenvalue weighted by atomic mass is 16.5. The fourth-order valence-corrected chi connectivity index (χ4v) is 2.30. The molecule has 0 saturated carbocycles. The van der Waals surface area contributed by atoms with E-state index in [4.69, 9.17) is 4.74 Å². The molecule has 26 heavy (non-hydrogen) atoms. The molecule has 0 aliphatic rings. The van der Waals surface area contributed by atoms with Gasteiger partial charge in [-0.15, -0.1) is 5.10 Å². The van der Waals surface area contributed by atoms with E-state index in [2.05, 4.69) is 15.7 Å². The van der Waals surface area contributed by atoms with Crippen LogP contribution < -0.4 is 15.4 Å². The molecule has 2 rings (SSSR count). The van der Waals surface area contributed by atoms with Crippen molar-refractivity contribution < 1.29 is 19.1 Å². The highest BCUT2D eigenvalue weighted by Crippen LogP contribution is 2.17. The Balaban J connectivity index is 1.96. The minimum absolute atomic E-state index is 0.135. The number of aromatic nitrogens is 2. The molecule has 1 aromatic carbocycles. The maximum atomic E-state index is 12.4. The maximum absolute atomic E-state index is 12.4. The van der Waals surface area contributed by atoms with E-state index >= 15 is 0 Å². The standard InChI is InChI=1S/C17H21N5O4/c1-11(23)18-12-5-7-13(8-6-12)19-15(24)10-21(2)17(25)14-9-22(3)20-16(14)26-4/h5-9H,10H2,1-4H3,(H,18,23)(H,19,24). The summed E-state index contributed by atoms with van der Waals surface area (Å²) >= 11 is 0. The van der Waals surface area contributed by atoms with E-state index in [1.54, 1.807) is 31.3 Å². The van der Waals surface area contributed by atoms with E-state index in [9.17, 15) is 14.4 Å². The molecule has 2 aromatic rings. The van der Waals surface area contributed by atoms with Crippen LogP contribution in [-0.2, 0) is 16.6 Å². The number of methoxy groups -OCH3 is 1. The smallest absolute Gasteiger partial charge is 0.261 e. The van der Waals surface area contributed by atoms with Crippen molar-refractivity contribution in [3.63, 3.8) is 0 Å². The number of hydrogen-bond acceptors (Lipinski definition) is 5. The van der Waals surface area contributed by atoms with Gasteiger partial charge >= 0.3 is 0 Å². The number of likely N-dealkylation sites (N-methyl/N-ethyl adjacent to an activating group) is 1. The Bertz CT molecular complexity index is 813. The number of ether oxygens (including phenoxy) is 1. The van der Waals surface area contributed by atoms with Gasteiger partial charge in [0.05, 0.1) is 13.7 Å². The van der Waals surface area contributed by atoms with Crippen molar-refractivity contribution in [2.75, 3.05) is 31.3 Å². The van der Waals surface area contributed by atoms with Gasteiger partial charge in [0.15, 0.2) is 0 Å². The molecule has 0 aliphatic heterocycles. The molecule has 0 spiro atoms. The van der Waals surface area contributed by atoms with Crippen molar-refractivity contribution >= 4 is 29.1 Å². The number of carbonyl (C=O) groups excluding carboxylic acids is 3. The Labute approximate surface area is 150 Å². The molecular weight excluding hydrogens is 338 g/mol. The summed E-state index contributed by atoms with van der Waals surface area (Å²) in [4.78, 5) is 36.9. The van der Waals surface area contributed by atoms with Crippen LogP contribution in [0.3, 0.4) is 0 Å². The van der Waals surface area contributed by atoms with Crippen molar-refractivity contribution in [1.82, 2.24) is 14.7 Å². The molecule has 1 aromatic heterocycles. The number of anilines is 2. The molecular formula is C17H21N5O4. The first-order valence-corrected chi connectivity index (χ1v) is 7.80. The molecule has 0 atom stereocenters. The predicted octanol–water partition coefficient (Wildman–Crippen LogP) is 1.10. The van der Waals surface area contributed by atoms with Crippen LogP contribution in [0.4, 0.5) is 11.4 Å². The van der Waals surface area contributed by atoms with Crippen LogP contribution in [0.2, 0.25) is 0 Å². The van der Waals surface area contributed by atoms with E-state index in [0.717, 1.165) is 0 Å². The summed E-state index contributed by atoms with van der Waals surface area (Å²) in [6.07, 6.45) is 1.54. The third kappa shape index (κ3) is 4.82. The molecule has 0 radical (unpaired) electrons. The lowest BCUT2D eigenvalue weighted by molar-refractivity contribution is -0.116. The van der Waals surface area contributed by atoms with Crippen LogP contribution in [0.15, 0.2) is 30.5 Å². The van der Waals surface area contributed by atoms with Crippen LogP contribution >= 0.6 is 0 Å². The number of hydrogen-bond donors (Lipinski definition) is 2. The van der Waals surface area contributed by atoms with E-state index in [0.29, 0.717) is 11.4 Å². The number of amides is 3. The number of carbonyl (C=O) groups is 3. The van der Waals surface area contributed by atoms with E-state index in [1.807, 2.05) is 0 Å². The summed E-state index contributed by atoms with van der Waals surface area (Å²) in [6.45, 7) is 1.28. The lowest BCUT2D eigenvalue weighted by Crippen LogP contribution is -2.35. The van der Waals surface area contributed by atoms with Crippen molar-refractivity contribution in [3.8, 4) is 5.88 Å². The predicted molar refractivity (Wildman–Crippen MR) is 96.1 cm³/mol. The zero-order valence-corrected chi connectivity index (χ0v) is 15.1. The summed E-state index contributed by atoms with van der Waals surface area (Å²) in [5, 5.41) is 9.36. The summed E-state index contributed by atoms with van der Waals surface area (Å²) in [5.41, 5.74) is 1.47. The summed E-state index contributed by atoms with van der Waals surface area (Å²) < 4.78 is 6.54. The Kier molecular flexibility index (Phi) is 5.94. The number of rotatable bonds is 6. The normalized spacial score (nSPS) is 10.2.